The van der Waals surface area contributed by atoms with Crippen molar-refractivity contribution >= 4 is 11.6 Å². The van der Waals surface area contributed by atoms with E-state index in [1.807, 2.05) is 24.3 Å². The van der Waals surface area contributed by atoms with Crippen molar-refractivity contribution in [2.75, 3.05) is 0 Å². The zero-order chi connectivity index (χ0) is 15.4. The molecular formula is C17H14Cl2FN2O-. The number of halogens is 3. The Morgan fingerprint density at radius 1 is 1.04 bits per heavy atom. The molecule has 0 amide bonds. The number of aromatic nitrogens is 1. The molecule has 1 aromatic carbocycles. The normalized spacial score (nSPS) is 10.3. The molecule has 23 heavy (non-hydrogen) atoms. The zero-order valence-electron chi connectivity index (χ0n) is 12.1. The lowest BCUT2D eigenvalue weighted by molar-refractivity contribution is -0.00000555. The smallest absolute Gasteiger partial charge is 0.141 e. The summed E-state index contributed by atoms with van der Waals surface area (Å²) in [5.74, 6) is 1.04. The quantitative estimate of drug-likeness (QED) is 0.755. The Morgan fingerprint density at radius 2 is 1.83 bits per heavy atom. The largest absolute Gasteiger partial charge is 1.00 e. The molecule has 0 bridgehead atoms. The Kier molecular flexibility index (Phi) is 6.16. The summed E-state index contributed by atoms with van der Waals surface area (Å²) < 4.78 is 18.9. The second-order valence-electron chi connectivity index (χ2n) is 4.85. The molecule has 6 heteroatoms. The van der Waals surface area contributed by atoms with Crippen molar-refractivity contribution in [2.45, 2.75) is 13.1 Å². The van der Waals surface area contributed by atoms with Crippen LogP contribution in [0.1, 0.15) is 11.3 Å². The van der Waals surface area contributed by atoms with Crippen LogP contribution >= 0.6 is 11.6 Å². The summed E-state index contributed by atoms with van der Waals surface area (Å²) in [6, 6.07) is 12.2. The molecule has 3 aromatic rings. The van der Waals surface area contributed by atoms with Crippen molar-refractivity contribution < 1.29 is 21.2 Å². The van der Waals surface area contributed by atoms with Gasteiger partial charge in [-0.25, -0.2) is 4.39 Å². The fourth-order valence-corrected chi connectivity index (χ4v) is 2.29. The predicted octanol–water partition coefficient (Wildman–Crippen LogP) is 1.43. The molecular weight excluding hydrogens is 338 g/mol. The van der Waals surface area contributed by atoms with Crippen LogP contribution in [0.2, 0.25) is 5.02 Å². The fraction of sp³-hybridized carbons (Fsp3) is 0.118. The van der Waals surface area contributed by atoms with Crippen LogP contribution in [0, 0.1) is 5.82 Å². The third-order valence-corrected chi connectivity index (χ3v) is 3.53. The Bertz CT molecular complexity index is 762. The van der Waals surface area contributed by atoms with E-state index >= 15 is 0 Å². The Hall–Kier alpha value is -1.88. The third kappa shape index (κ3) is 4.55. The van der Waals surface area contributed by atoms with Gasteiger partial charge in [-0.3, -0.25) is 4.98 Å². The van der Waals surface area contributed by atoms with Crippen LogP contribution in [0.5, 0.6) is 0 Å². The van der Waals surface area contributed by atoms with Gasteiger partial charge in [0.1, 0.15) is 17.3 Å². The summed E-state index contributed by atoms with van der Waals surface area (Å²) in [5, 5.41) is 3.38. The maximum absolute atomic E-state index is 13.2. The first-order chi connectivity index (χ1) is 10.7. The summed E-state index contributed by atoms with van der Waals surface area (Å²) >= 11 is 5.79. The lowest BCUT2D eigenvalue weighted by atomic mass is 10.2. The number of hydrogen-bond donors (Lipinski definition) is 1. The molecule has 3 nitrogen and oxygen atoms in total. The molecule has 0 atom stereocenters. The minimum absolute atomic E-state index is 0. The summed E-state index contributed by atoms with van der Waals surface area (Å²) in [6.45, 7) is 1.35. The molecule has 0 fully saturated rings. The first kappa shape index (κ1) is 17.5. The molecule has 0 aliphatic carbocycles. The average Bonchev–Trinajstić information content (AvgIpc) is 3.00. The monoisotopic (exact) mass is 351 g/mol. The van der Waals surface area contributed by atoms with E-state index < -0.39 is 5.82 Å². The third-order valence-electron chi connectivity index (χ3n) is 3.24. The summed E-state index contributed by atoms with van der Waals surface area (Å²) in [5.41, 5.74) is 1.92. The van der Waals surface area contributed by atoms with Gasteiger partial charge in [0.05, 0.1) is 11.6 Å². The fourth-order valence-electron chi connectivity index (χ4n) is 2.11. The van der Waals surface area contributed by atoms with Crippen LogP contribution < -0.4 is 17.7 Å². The molecule has 0 unspecified atom stereocenters. The van der Waals surface area contributed by atoms with Crippen LogP contribution in [0.3, 0.4) is 0 Å². The number of pyridine rings is 1. The van der Waals surface area contributed by atoms with Crippen LogP contribution in [-0.2, 0) is 13.1 Å². The highest BCUT2D eigenvalue weighted by Crippen LogP contribution is 2.26. The minimum Gasteiger partial charge on any atom is -1.00 e. The van der Waals surface area contributed by atoms with E-state index in [1.165, 1.54) is 6.07 Å². The van der Waals surface area contributed by atoms with E-state index in [2.05, 4.69) is 10.3 Å². The molecule has 0 saturated carbocycles. The topological polar surface area (TPSA) is 38.1 Å². The molecule has 0 saturated heterocycles. The van der Waals surface area contributed by atoms with Crippen LogP contribution in [0.4, 0.5) is 4.39 Å². The second-order valence-corrected chi connectivity index (χ2v) is 5.26. The Labute approximate surface area is 144 Å². The van der Waals surface area contributed by atoms with E-state index in [-0.39, 0.29) is 17.4 Å². The van der Waals surface area contributed by atoms with Crippen molar-refractivity contribution in [1.82, 2.24) is 10.3 Å². The van der Waals surface area contributed by atoms with Gasteiger partial charge in [-0.05, 0) is 48.0 Å². The van der Waals surface area contributed by atoms with Crippen molar-refractivity contribution in [2.24, 2.45) is 0 Å². The van der Waals surface area contributed by atoms with Crippen LogP contribution in [-0.4, -0.2) is 4.98 Å². The average molecular weight is 352 g/mol. The highest BCUT2D eigenvalue weighted by atomic mass is 35.5. The van der Waals surface area contributed by atoms with E-state index in [4.69, 9.17) is 16.0 Å². The van der Waals surface area contributed by atoms with E-state index in [9.17, 15) is 4.39 Å². The molecule has 0 aliphatic rings. The second kappa shape index (κ2) is 8.11. The van der Waals surface area contributed by atoms with Crippen molar-refractivity contribution in [3.05, 3.63) is 77.0 Å². The lowest BCUT2D eigenvalue weighted by Crippen LogP contribution is -3.00. The van der Waals surface area contributed by atoms with Gasteiger partial charge in [0.25, 0.3) is 0 Å². The maximum atomic E-state index is 13.2. The molecule has 0 spiro atoms. The molecule has 120 valence electrons. The van der Waals surface area contributed by atoms with E-state index in [0.717, 1.165) is 23.4 Å². The number of hydrogen-bond acceptors (Lipinski definition) is 3. The maximum Gasteiger partial charge on any atom is 0.141 e. The summed E-state index contributed by atoms with van der Waals surface area (Å²) in [7, 11) is 0. The molecule has 2 heterocycles. The standard InChI is InChI=1S/C17H14ClFN2O.ClH/c18-15-9-13(1-3-16(15)19)17-4-2-14(22-17)11-21-10-12-5-7-20-8-6-12;/h1-9,21H,10-11H2;1H/p-1. The molecule has 3 rings (SSSR count). The summed E-state index contributed by atoms with van der Waals surface area (Å²) in [4.78, 5) is 3.98. The Balaban J connectivity index is 0.00000192. The lowest BCUT2D eigenvalue weighted by Gasteiger charge is -2.03. The van der Waals surface area contributed by atoms with Gasteiger partial charge in [-0.2, -0.15) is 0 Å². The number of rotatable bonds is 5. The number of benzene rings is 1. The van der Waals surface area contributed by atoms with Gasteiger partial charge in [0, 0.05) is 24.5 Å². The number of furan rings is 1. The van der Waals surface area contributed by atoms with Crippen molar-refractivity contribution in [1.29, 1.82) is 0 Å². The zero-order valence-corrected chi connectivity index (χ0v) is 13.6. The minimum atomic E-state index is -0.434. The highest BCUT2D eigenvalue weighted by molar-refractivity contribution is 6.31. The van der Waals surface area contributed by atoms with Gasteiger partial charge >= 0.3 is 0 Å². The molecule has 2 aromatic heterocycles. The van der Waals surface area contributed by atoms with Crippen LogP contribution in [0.25, 0.3) is 11.3 Å². The van der Waals surface area contributed by atoms with Gasteiger partial charge < -0.3 is 22.1 Å². The number of nitrogens with one attached hydrogen (secondary N) is 1. The first-order valence-electron chi connectivity index (χ1n) is 6.86. The van der Waals surface area contributed by atoms with Crippen molar-refractivity contribution in [3.63, 3.8) is 0 Å². The van der Waals surface area contributed by atoms with Gasteiger partial charge in [0.15, 0.2) is 0 Å². The van der Waals surface area contributed by atoms with Gasteiger partial charge in [-0.15, -0.1) is 0 Å². The van der Waals surface area contributed by atoms with Gasteiger partial charge in [0.2, 0.25) is 0 Å². The number of nitrogens with zero attached hydrogens (tertiary/aromatic N) is 1. The van der Waals surface area contributed by atoms with E-state index in [0.29, 0.717) is 12.3 Å². The molecule has 1 N–H and O–H groups in total. The highest BCUT2D eigenvalue weighted by Gasteiger charge is 2.07. The SMILES string of the molecule is Fc1ccc(-c2ccc(CNCc3ccncc3)o2)cc1Cl.[Cl-]. The predicted molar refractivity (Wildman–Crippen MR) is 83.9 cm³/mol. The van der Waals surface area contributed by atoms with Crippen molar-refractivity contribution in [3.8, 4) is 11.3 Å². The molecule has 0 radical (unpaired) electrons. The summed E-state index contributed by atoms with van der Waals surface area (Å²) in [6.07, 6.45) is 3.53. The Morgan fingerprint density at radius 3 is 2.57 bits per heavy atom. The molecule has 0 aliphatic heterocycles. The van der Waals surface area contributed by atoms with E-state index in [1.54, 1.807) is 24.5 Å². The van der Waals surface area contributed by atoms with Crippen LogP contribution in [0.15, 0.2) is 59.3 Å². The first-order valence-corrected chi connectivity index (χ1v) is 7.24. The van der Waals surface area contributed by atoms with Gasteiger partial charge in [-0.1, -0.05) is 11.6 Å².